The van der Waals surface area contributed by atoms with Crippen molar-refractivity contribution >= 4 is 23.5 Å². The first-order valence-corrected chi connectivity index (χ1v) is 9.25. The van der Waals surface area contributed by atoms with E-state index in [0.29, 0.717) is 0 Å². The van der Waals surface area contributed by atoms with E-state index in [2.05, 4.69) is 23.7 Å². The molecule has 0 aromatic heterocycles. The molecule has 0 nitrogen and oxygen atoms in total. The Bertz CT molecular complexity index is 684. The molecule has 0 radical (unpaired) electrons. The molecule has 0 atom stereocenters. The molecule has 0 aliphatic heterocycles. The molecule has 0 saturated carbocycles. The number of hydrogen-bond acceptors (Lipinski definition) is 2. The minimum atomic E-state index is 1.01. The van der Waals surface area contributed by atoms with Crippen molar-refractivity contribution in [3.63, 3.8) is 0 Å². The van der Waals surface area contributed by atoms with Crippen LogP contribution < -0.4 is 0 Å². The number of allylic oxidation sites excluding steroid dienone is 2. The molecule has 2 heteroatoms. The highest BCUT2D eigenvalue weighted by Crippen LogP contribution is 2.23. The summed E-state index contributed by atoms with van der Waals surface area (Å²) in [6.07, 6.45) is 4.07. The fourth-order valence-electron chi connectivity index (χ4n) is 1.70. The zero-order chi connectivity index (χ0) is 15.6. The Balaban J connectivity index is 2.30. The van der Waals surface area contributed by atoms with E-state index in [9.17, 15) is 0 Å². The second kappa shape index (κ2) is 9.11. The monoisotopic (exact) mass is 320 g/mol. The van der Waals surface area contributed by atoms with Crippen molar-refractivity contribution in [2.24, 2.45) is 0 Å². The van der Waals surface area contributed by atoms with Crippen LogP contribution in [0.2, 0.25) is 0 Å². The van der Waals surface area contributed by atoms with Crippen LogP contribution in [0.15, 0.2) is 70.5 Å². The Kier molecular flexibility index (Phi) is 6.78. The summed E-state index contributed by atoms with van der Waals surface area (Å²) in [5.41, 5.74) is 2.04. The van der Waals surface area contributed by atoms with Crippen LogP contribution in [-0.4, -0.2) is 12.5 Å². The third-order valence-corrected chi connectivity index (χ3v) is 4.36. The predicted molar refractivity (Wildman–Crippen MR) is 101 cm³/mol. The van der Waals surface area contributed by atoms with Gasteiger partial charge in [0.05, 0.1) is 9.81 Å². The number of hydrogen-bond donors (Lipinski definition) is 0. The molecule has 0 N–H and O–H groups in total. The van der Waals surface area contributed by atoms with E-state index >= 15 is 0 Å². The predicted octanol–water partition coefficient (Wildman–Crippen LogP) is 5.03. The Morgan fingerprint density at radius 3 is 1.32 bits per heavy atom. The van der Waals surface area contributed by atoms with Gasteiger partial charge >= 0.3 is 0 Å². The molecule has 2 aromatic carbocycles. The first kappa shape index (κ1) is 16.4. The zero-order valence-electron chi connectivity index (χ0n) is 12.6. The lowest BCUT2D eigenvalue weighted by molar-refractivity contribution is 1.65. The van der Waals surface area contributed by atoms with Gasteiger partial charge in [-0.3, -0.25) is 0 Å². The molecule has 0 unspecified atom stereocenters. The molecular formula is C20H16S2. The zero-order valence-corrected chi connectivity index (χ0v) is 14.2. The molecule has 0 heterocycles. The van der Waals surface area contributed by atoms with Crippen molar-refractivity contribution in [1.29, 1.82) is 0 Å². The Hall–Kier alpha value is -2.00. The normalized spacial score (nSPS) is 10.6. The van der Waals surface area contributed by atoms with Gasteiger partial charge in [-0.15, -0.1) is 23.5 Å². The van der Waals surface area contributed by atoms with E-state index in [-0.39, 0.29) is 0 Å². The summed E-state index contributed by atoms with van der Waals surface area (Å²) >= 11 is 3.28. The van der Waals surface area contributed by atoms with Gasteiger partial charge in [-0.05, 0) is 36.8 Å². The van der Waals surface area contributed by atoms with Gasteiger partial charge in [0.15, 0.2) is 0 Å². The van der Waals surface area contributed by atoms with Crippen LogP contribution in [0.4, 0.5) is 0 Å². The van der Waals surface area contributed by atoms with Crippen molar-refractivity contribution in [1.82, 2.24) is 0 Å². The van der Waals surface area contributed by atoms with Crippen LogP contribution in [0, 0.1) is 23.7 Å². The maximum atomic E-state index is 3.24. The summed E-state index contributed by atoms with van der Waals surface area (Å²) in [6, 6.07) is 20.0. The minimum Gasteiger partial charge on any atom is -0.119 e. The molecule has 0 aliphatic carbocycles. The van der Waals surface area contributed by atoms with Gasteiger partial charge in [-0.1, -0.05) is 60.1 Å². The lowest BCUT2D eigenvalue weighted by Gasteiger charge is -1.99. The molecule has 0 amide bonds. The van der Waals surface area contributed by atoms with Crippen LogP contribution >= 0.6 is 23.5 Å². The fraction of sp³-hybridized carbons (Fsp3) is 0.100. The fourth-order valence-corrected chi connectivity index (χ4v) is 2.98. The quantitative estimate of drug-likeness (QED) is 0.712. The highest BCUT2D eigenvalue weighted by molar-refractivity contribution is 8.06. The van der Waals surface area contributed by atoms with Gasteiger partial charge < -0.3 is 0 Å². The van der Waals surface area contributed by atoms with E-state index in [0.717, 1.165) is 20.9 Å². The lowest BCUT2D eigenvalue weighted by Crippen LogP contribution is -1.81. The maximum Gasteiger partial charge on any atom is 0.0796 e. The second-order valence-corrected chi connectivity index (χ2v) is 5.93. The van der Waals surface area contributed by atoms with Gasteiger partial charge in [0.1, 0.15) is 0 Å². The number of benzene rings is 2. The molecule has 2 aromatic rings. The first-order valence-electron chi connectivity index (χ1n) is 6.80. The molecule has 22 heavy (non-hydrogen) atoms. The van der Waals surface area contributed by atoms with Crippen molar-refractivity contribution in [2.75, 3.05) is 12.5 Å². The van der Waals surface area contributed by atoms with Gasteiger partial charge in [0.2, 0.25) is 0 Å². The molecule has 108 valence electrons. The van der Waals surface area contributed by atoms with E-state index in [1.54, 1.807) is 23.5 Å². The Labute approximate surface area is 141 Å². The molecular weight excluding hydrogens is 304 g/mol. The van der Waals surface area contributed by atoms with Crippen molar-refractivity contribution in [3.05, 3.63) is 81.6 Å². The number of thioether (sulfide) groups is 2. The first-order chi connectivity index (χ1) is 10.8. The molecule has 0 saturated heterocycles. The van der Waals surface area contributed by atoms with Crippen LogP contribution in [0.25, 0.3) is 0 Å². The second-order valence-electron chi connectivity index (χ2n) is 4.30. The highest BCUT2D eigenvalue weighted by Gasteiger charge is 1.99. The molecule has 2 rings (SSSR count). The number of rotatable bonds is 2. The van der Waals surface area contributed by atoms with Gasteiger partial charge in [0, 0.05) is 11.1 Å². The summed E-state index contributed by atoms with van der Waals surface area (Å²) in [5, 5.41) is 0. The van der Waals surface area contributed by atoms with E-state index < -0.39 is 0 Å². The van der Waals surface area contributed by atoms with Gasteiger partial charge in [0.25, 0.3) is 0 Å². The summed E-state index contributed by atoms with van der Waals surface area (Å²) in [5.74, 6) is 12.9. The average Bonchev–Trinajstić information content (AvgIpc) is 2.59. The van der Waals surface area contributed by atoms with Crippen LogP contribution in [-0.2, 0) is 0 Å². The largest absolute Gasteiger partial charge is 0.119 e. The summed E-state index contributed by atoms with van der Waals surface area (Å²) in [4.78, 5) is 2.03. The molecule has 0 aliphatic rings. The van der Waals surface area contributed by atoms with Gasteiger partial charge in [-0.25, -0.2) is 0 Å². The van der Waals surface area contributed by atoms with E-state index in [1.807, 2.05) is 73.2 Å². The van der Waals surface area contributed by atoms with Crippen molar-refractivity contribution < 1.29 is 0 Å². The van der Waals surface area contributed by atoms with E-state index in [1.165, 1.54) is 0 Å². The van der Waals surface area contributed by atoms with Crippen LogP contribution in [0.5, 0.6) is 0 Å². The van der Waals surface area contributed by atoms with E-state index in [4.69, 9.17) is 0 Å². The standard InChI is InChI=1S/C20H16S2/c1-21-19(15-13-17-9-5-3-6-10-17)20(22-2)16-14-18-11-7-4-8-12-18/h3-12H,1-2H3/b20-19+. The van der Waals surface area contributed by atoms with Crippen LogP contribution in [0.1, 0.15) is 11.1 Å². The third-order valence-electron chi connectivity index (χ3n) is 2.80. The Morgan fingerprint density at radius 1 is 0.636 bits per heavy atom. The average molecular weight is 320 g/mol. The van der Waals surface area contributed by atoms with Crippen molar-refractivity contribution in [2.45, 2.75) is 0 Å². The van der Waals surface area contributed by atoms with Crippen molar-refractivity contribution in [3.8, 4) is 23.7 Å². The molecule has 0 fully saturated rings. The van der Waals surface area contributed by atoms with Crippen LogP contribution in [0.3, 0.4) is 0 Å². The topological polar surface area (TPSA) is 0 Å². The smallest absolute Gasteiger partial charge is 0.0796 e. The molecule has 0 spiro atoms. The minimum absolute atomic E-state index is 1.01. The lowest BCUT2D eigenvalue weighted by atomic mass is 10.2. The third kappa shape index (κ3) is 5.08. The summed E-state index contributed by atoms with van der Waals surface area (Å²) < 4.78 is 0. The summed E-state index contributed by atoms with van der Waals surface area (Å²) in [6.45, 7) is 0. The molecule has 0 bridgehead atoms. The highest BCUT2D eigenvalue weighted by atomic mass is 32.2. The van der Waals surface area contributed by atoms with Gasteiger partial charge in [-0.2, -0.15) is 0 Å². The maximum absolute atomic E-state index is 3.24. The SMILES string of the molecule is CS/C(C#Cc1ccccc1)=C(\C#Cc1ccccc1)SC. The summed E-state index contributed by atoms with van der Waals surface area (Å²) in [7, 11) is 0. The Morgan fingerprint density at radius 2 is 1.00 bits per heavy atom.